The van der Waals surface area contributed by atoms with E-state index < -0.39 is 0 Å². The number of nitrogens with one attached hydrogen (secondary N) is 1. The minimum absolute atomic E-state index is 0.00173. The third kappa shape index (κ3) is 3.70. The van der Waals surface area contributed by atoms with Crippen molar-refractivity contribution in [3.63, 3.8) is 0 Å². The van der Waals surface area contributed by atoms with E-state index in [1.165, 1.54) is 24.8 Å². The zero-order valence-electron chi connectivity index (χ0n) is 14.6. The number of carbonyl (C=O) groups excluding carboxylic acids is 1. The van der Waals surface area contributed by atoms with Gasteiger partial charge in [-0.05, 0) is 50.0 Å². The Morgan fingerprint density at radius 3 is 2.64 bits per heavy atom. The SMILES string of the molecule is O=C(Nc1cnn(C2CCC2)c1)N1CCCC(c2ccccc2)CC1. The number of amides is 2. The van der Waals surface area contributed by atoms with Crippen LogP contribution < -0.4 is 5.32 Å². The zero-order valence-corrected chi connectivity index (χ0v) is 14.6. The van der Waals surface area contributed by atoms with Crippen molar-refractivity contribution >= 4 is 11.7 Å². The molecule has 0 bridgehead atoms. The highest BCUT2D eigenvalue weighted by atomic mass is 16.2. The Bertz CT molecular complexity index is 707. The first-order valence-electron chi connectivity index (χ1n) is 9.44. The summed E-state index contributed by atoms with van der Waals surface area (Å²) in [5.41, 5.74) is 2.20. The molecule has 25 heavy (non-hydrogen) atoms. The predicted molar refractivity (Wildman–Crippen MR) is 98.7 cm³/mol. The first-order chi connectivity index (χ1) is 12.3. The molecule has 2 fully saturated rings. The molecule has 1 atom stereocenters. The van der Waals surface area contributed by atoms with Gasteiger partial charge in [0.15, 0.2) is 0 Å². The van der Waals surface area contributed by atoms with Crippen LogP contribution in [-0.4, -0.2) is 33.8 Å². The molecule has 5 nitrogen and oxygen atoms in total. The molecule has 132 valence electrons. The van der Waals surface area contributed by atoms with Crippen LogP contribution in [0.5, 0.6) is 0 Å². The van der Waals surface area contributed by atoms with Gasteiger partial charge >= 0.3 is 6.03 Å². The summed E-state index contributed by atoms with van der Waals surface area (Å²) < 4.78 is 1.99. The van der Waals surface area contributed by atoms with Crippen LogP contribution in [0, 0.1) is 0 Å². The molecule has 1 aromatic carbocycles. The second-order valence-corrected chi connectivity index (χ2v) is 7.25. The molecule has 4 rings (SSSR count). The molecule has 1 saturated heterocycles. The van der Waals surface area contributed by atoms with Crippen molar-refractivity contribution in [2.24, 2.45) is 0 Å². The first-order valence-corrected chi connectivity index (χ1v) is 9.44. The zero-order chi connectivity index (χ0) is 17.1. The topological polar surface area (TPSA) is 50.2 Å². The number of hydrogen-bond donors (Lipinski definition) is 1. The fourth-order valence-electron chi connectivity index (χ4n) is 3.81. The summed E-state index contributed by atoms with van der Waals surface area (Å²) in [5.74, 6) is 0.556. The number of urea groups is 1. The molecule has 2 aliphatic rings. The quantitative estimate of drug-likeness (QED) is 0.901. The van der Waals surface area contributed by atoms with Crippen LogP contribution in [0.15, 0.2) is 42.7 Å². The Morgan fingerprint density at radius 1 is 1.04 bits per heavy atom. The smallest absolute Gasteiger partial charge is 0.321 e. The van der Waals surface area contributed by atoms with Crippen LogP contribution in [0.1, 0.15) is 56.0 Å². The minimum atomic E-state index is 0.00173. The number of carbonyl (C=O) groups is 1. The molecule has 0 radical (unpaired) electrons. The Balaban J connectivity index is 1.33. The van der Waals surface area contributed by atoms with E-state index in [-0.39, 0.29) is 6.03 Å². The van der Waals surface area contributed by atoms with Crippen LogP contribution in [-0.2, 0) is 0 Å². The fraction of sp³-hybridized carbons (Fsp3) is 0.500. The monoisotopic (exact) mass is 338 g/mol. The van der Waals surface area contributed by atoms with Gasteiger partial charge in [0.05, 0.1) is 17.9 Å². The summed E-state index contributed by atoms with van der Waals surface area (Å²) in [6.07, 6.45) is 10.6. The molecule has 5 heteroatoms. The van der Waals surface area contributed by atoms with Crippen molar-refractivity contribution in [2.75, 3.05) is 18.4 Å². The molecule has 1 saturated carbocycles. The van der Waals surface area contributed by atoms with E-state index in [4.69, 9.17) is 0 Å². The summed E-state index contributed by atoms with van der Waals surface area (Å²) in [5, 5.41) is 7.41. The second kappa shape index (κ2) is 7.30. The highest BCUT2D eigenvalue weighted by Crippen LogP contribution is 2.31. The van der Waals surface area contributed by atoms with E-state index in [2.05, 4.69) is 40.7 Å². The van der Waals surface area contributed by atoms with Crippen molar-refractivity contribution in [3.05, 3.63) is 48.3 Å². The summed E-state index contributed by atoms with van der Waals surface area (Å²) in [7, 11) is 0. The number of likely N-dealkylation sites (tertiary alicyclic amines) is 1. The van der Waals surface area contributed by atoms with E-state index in [0.29, 0.717) is 12.0 Å². The molecule has 2 amide bonds. The van der Waals surface area contributed by atoms with Gasteiger partial charge in [-0.3, -0.25) is 4.68 Å². The fourth-order valence-corrected chi connectivity index (χ4v) is 3.81. The molecule has 2 heterocycles. The molecule has 0 spiro atoms. The van der Waals surface area contributed by atoms with E-state index in [1.807, 2.05) is 15.8 Å². The van der Waals surface area contributed by atoms with Crippen molar-refractivity contribution in [1.82, 2.24) is 14.7 Å². The lowest BCUT2D eigenvalue weighted by Crippen LogP contribution is -2.35. The number of aromatic nitrogens is 2. The normalized spacial score (nSPS) is 21.4. The van der Waals surface area contributed by atoms with E-state index in [9.17, 15) is 4.79 Å². The maximum absolute atomic E-state index is 12.6. The number of hydrogen-bond acceptors (Lipinski definition) is 2. The van der Waals surface area contributed by atoms with Crippen LogP contribution >= 0.6 is 0 Å². The number of nitrogens with zero attached hydrogens (tertiary/aromatic N) is 3. The lowest BCUT2D eigenvalue weighted by atomic mass is 9.92. The first kappa shape index (κ1) is 16.2. The number of anilines is 1. The van der Waals surface area contributed by atoms with Crippen molar-refractivity contribution < 1.29 is 4.79 Å². The van der Waals surface area contributed by atoms with Gasteiger partial charge in [0.25, 0.3) is 0 Å². The largest absolute Gasteiger partial charge is 0.325 e. The van der Waals surface area contributed by atoms with Crippen LogP contribution in [0.3, 0.4) is 0 Å². The van der Waals surface area contributed by atoms with E-state index in [0.717, 1.165) is 38.0 Å². The van der Waals surface area contributed by atoms with Crippen LogP contribution in [0.25, 0.3) is 0 Å². The lowest BCUT2D eigenvalue weighted by molar-refractivity contribution is 0.213. The maximum atomic E-state index is 12.6. The number of benzene rings is 1. The average molecular weight is 338 g/mol. The summed E-state index contributed by atoms with van der Waals surface area (Å²) >= 11 is 0. The lowest BCUT2D eigenvalue weighted by Gasteiger charge is -2.25. The van der Waals surface area contributed by atoms with Gasteiger partial charge in [0, 0.05) is 19.3 Å². The van der Waals surface area contributed by atoms with Crippen molar-refractivity contribution in [1.29, 1.82) is 0 Å². The van der Waals surface area contributed by atoms with Crippen LogP contribution in [0.4, 0.5) is 10.5 Å². The molecule has 2 aromatic rings. The molecule has 1 aliphatic carbocycles. The second-order valence-electron chi connectivity index (χ2n) is 7.25. The Kier molecular flexibility index (Phi) is 4.72. The van der Waals surface area contributed by atoms with Crippen molar-refractivity contribution in [3.8, 4) is 0 Å². The molecule has 1 unspecified atom stereocenters. The van der Waals surface area contributed by atoms with E-state index in [1.54, 1.807) is 6.20 Å². The van der Waals surface area contributed by atoms with Gasteiger partial charge < -0.3 is 10.2 Å². The molecule has 1 aliphatic heterocycles. The predicted octanol–water partition coefficient (Wildman–Crippen LogP) is 4.41. The van der Waals surface area contributed by atoms with Crippen LogP contribution in [0.2, 0.25) is 0 Å². The van der Waals surface area contributed by atoms with E-state index >= 15 is 0 Å². The maximum Gasteiger partial charge on any atom is 0.321 e. The van der Waals surface area contributed by atoms with Gasteiger partial charge in [0.2, 0.25) is 0 Å². The Hall–Kier alpha value is -2.30. The van der Waals surface area contributed by atoms with Gasteiger partial charge in [-0.1, -0.05) is 30.3 Å². The molecule has 1 aromatic heterocycles. The molecular formula is C20H26N4O. The third-order valence-electron chi connectivity index (χ3n) is 5.59. The summed E-state index contributed by atoms with van der Waals surface area (Å²) in [4.78, 5) is 14.6. The average Bonchev–Trinajstić information content (AvgIpc) is 2.89. The standard InChI is InChI=1S/C20H26N4O/c25-20(22-18-14-21-24(15-18)19-9-4-10-19)23-12-5-8-17(11-13-23)16-6-2-1-3-7-16/h1-3,6-7,14-15,17,19H,4-5,8-13H2,(H,22,25). The van der Waals surface area contributed by atoms with Crippen molar-refractivity contribution in [2.45, 2.75) is 50.5 Å². The Morgan fingerprint density at radius 2 is 1.88 bits per heavy atom. The van der Waals surface area contributed by atoms with Gasteiger partial charge in [-0.15, -0.1) is 0 Å². The number of rotatable bonds is 3. The third-order valence-corrected chi connectivity index (χ3v) is 5.59. The van der Waals surface area contributed by atoms with Gasteiger partial charge in [0.1, 0.15) is 0 Å². The van der Waals surface area contributed by atoms with Gasteiger partial charge in [-0.2, -0.15) is 5.10 Å². The summed E-state index contributed by atoms with van der Waals surface area (Å²) in [6.45, 7) is 1.63. The van der Waals surface area contributed by atoms with Gasteiger partial charge in [-0.25, -0.2) is 4.79 Å². The highest BCUT2D eigenvalue weighted by molar-refractivity contribution is 5.89. The Labute approximate surface area is 149 Å². The minimum Gasteiger partial charge on any atom is -0.325 e. The summed E-state index contributed by atoms with van der Waals surface area (Å²) in [6, 6.07) is 11.2. The molecule has 1 N–H and O–H groups in total. The highest BCUT2D eigenvalue weighted by Gasteiger charge is 2.23. The molecular weight excluding hydrogens is 312 g/mol.